The maximum Gasteiger partial charge on any atom is 0.235 e. The normalized spacial score (nSPS) is 17.1. The molecule has 0 saturated heterocycles. The number of carbonyl (C=O) groups is 1. The predicted molar refractivity (Wildman–Crippen MR) is 124 cm³/mol. The first-order valence-corrected chi connectivity index (χ1v) is 13.0. The molecule has 0 spiro atoms. The summed E-state index contributed by atoms with van der Waals surface area (Å²) in [4.78, 5) is 24.5. The molecule has 2 fully saturated rings. The molecule has 2 aromatic heterocycles. The van der Waals surface area contributed by atoms with Crippen LogP contribution in [0.3, 0.4) is 0 Å². The van der Waals surface area contributed by atoms with Gasteiger partial charge in [0.1, 0.15) is 23.6 Å². The molecular weight excluding hydrogens is 464 g/mol. The standard InChI is InChI=1S/C23H25F2N5O3S/c24-16-8-9-17(30-34(32,33)14-4-2-1-3-5-14)20(25)19(16)21(31)15-11-27-23-18(15)22(28-12-29-23)26-10-13-6-7-13/h8-9,11-14,30H,1-7,10H2,(H2,26,27,28,29). The minimum absolute atomic E-state index is 0.000940. The fraction of sp³-hybridized carbons (Fsp3) is 0.435. The third-order valence-corrected chi connectivity index (χ3v) is 8.38. The summed E-state index contributed by atoms with van der Waals surface area (Å²) in [6.07, 6.45) is 8.38. The van der Waals surface area contributed by atoms with Crippen LogP contribution in [0.25, 0.3) is 11.0 Å². The van der Waals surface area contributed by atoms with Gasteiger partial charge in [-0.3, -0.25) is 9.52 Å². The molecule has 2 heterocycles. The highest BCUT2D eigenvalue weighted by atomic mass is 32.2. The first-order chi connectivity index (χ1) is 16.3. The highest BCUT2D eigenvalue weighted by Crippen LogP contribution is 2.33. The van der Waals surface area contributed by atoms with Crippen LogP contribution in [0.2, 0.25) is 0 Å². The topological polar surface area (TPSA) is 117 Å². The highest BCUT2D eigenvalue weighted by Gasteiger charge is 2.31. The van der Waals surface area contributed by atoms with E-state index in [9.17, 15) is 17.6 Å². The number of hydrogen-bond donors (Lipinski definition) is 3. The molecule has 0 aliphatic heterocycles. The summed E-state index contributed by atoms with van der Waals surface area (Å²) in [5, 5.41) is 2.88. The Hall–Kier alpha value is -3.08. The van der Waals surface area contributed by atoms with E-state index >= 15 is 4.39 Å². The van der Waals surface area contributed by atoms with Crippen LogP contribution in [0, 0.1) is 17.6 Å². The third-order valence-electron chi connectivity index (χ3n) is 6.53. The molecule has 5 rings (SSSR count). The molecule has 0 bridgehead atoms. The van der Waals surface area contributed by atoms with Crippen molar-refractivity contribution in [1.82, 2.24) is 15.0 Å². The Morgan fingerprint density at radius 1 is 1.09 bits per heavy atom. The van der Waals surface area contributed by atoms with E-state index in [1.54, 1.807) is 0 Å². The van der Waals surface area contributed by atoms with Gasteiger partial charge in [-0.2, -0.15) is 0 Å². The lowest BCUT2D eigenvalue weighted by molar-refractivity contribution is 0.103. The number of rotatable bonds is 8. The Bertz CT molecular complexity index is 1350. The minimum atomic E-state index is -3.88. The van der Waals surface area contributed by atoms with Crippen LogP contribution in [0.4, 0.5) is 20.3 Å². The van der Waals surface area contributed by atoms with E-state index in [0.29, 0.717) is 42.2 Å². The predicted octanol–water partition coefficient (Wildman–Crippen LogP) is 4.36. The number of hydrogen-bond acceptors (Lipinski definition) is 6. The number of nitrogens with zero attached hydrogens (tertiary/aromatic N) is 2. The fourth-order valence-corrected chi connectivity index (χ4v) is 6.01. The molecule has 8 nitrogen and oxygen atoms in total. The summed E-state index contributed by atoms with van der Waals surface area (Å²) in [6, 6.07) is 1.90. The number of nitrogens with one attached hydrogen (secondary N) is 3. The Kier molecular flexibility index (Phi) is 5.97. The number of ketones is 1. The zero-order valence-electron chi connectivity index (χ0n) is 18.4. The molecule has 0 unspecified atom stereocenters. The Morgan fingerprint density at radius 2 is 1.85 bits per heavy atom. The van der Waals surface area contributed by atoms with Crippen molar-refractivity contribution in [3.63, 3.8) is 0 Å². The molecule has 2 aliphatic carbocycles. The van der Waals surface area contributed by atoms with Crippen molar-refractivity contribution in [1.29, 1.82) is 0 Å². The summed E-state index contributed by atoms with van der Waals surface area (Å²) < 4.78 is 57.9. The molecule has 0 radical (unpaired) electrons. The molecule has 3 aromatic rings. The molecule has 2 aliphatic rings. The maximum absolute atomic E-state index is 15.4. The Labute approximate surface area is 195 Å². The van der Waals surface area contributed by atoms with Gasteiger partial charge in [-0.1, -0.05) is 19.3 Å². The van der Waals surface area contributed by atoms with Gasteiger partial charge < -0.3 is 10.3 Å². The van der Waals surface area contributed by atoms with Crippen LogP contribution < -0.4 is 10.0 Å². The van der Waals surface area contributed by atoms with E-state index in [4.69, 9.17) is 0 Å². The summed E-state index contributed by atoms with van der Waals surface area (Å²) >= 11 is 0. The summed E-state index contributed by atoms with van der Waals surface area (Å²) in [5.41, 5.74) is -0.925. The van der Waals surface area contributed by atoms with E-state index in [-0.39, 0.29) is 5.56 Å². The molecule has 0 amide bonds. The average Bonchev–Trinajstić information content (AvgIpc) is 3.56. The second kappa shape index (κ2) is 8.94. The largest absolute Gasteiger partial charge is 0.369 e. The van der Waals surface area contributed by atoms with Gasteiger partial charge in [0.2, 0.25) is 15.8 Å². The number of benzene rings is 1. The van der Waals surface area contributed by atoms with Crippen molar-refractivity contribution in [3.05, 3.63) is 47.4 Å². The van der Waals surface area contributed by atoms with Crippen LogP contribution in [-0.4, -0.2) is 40.9 Å². The van der Waals surface area contributed by atoms with Crippen LogP contribution in [-0.2, 0) is 10.0 Å². The van der Waals surface area contributed by atoms with Gasteiger partial charge in [0.15, 0.2) is 5.82 Å². The van der Waals surface area contributed by atoms with Crippen molar-refractivity contribution >= 4 is 38.3 Å². The second-order valence-electron chi connectivity index (χ2n) is 8.99. The average molecular weight is 490 g/mol. The number of carbonyl (C=O) groups excluding carboxylic acids is 1. The van der Waals surface area contributed by atoms with Gasteiger partial charge in [0, 0.05) is 12.7 Å². The zero-order chi connectivity index (χ0) is 23.9. The van der Waals surface area contributed by atoms with Crippen molar-refractivity contribution < 1.29 is 22.0 Å². The maximum atomic E-state index is 15.4. The number of halogens is 2. The number of anilines is 2. The lowest BCUT2D eigenvalue weighted by atomic mass is 10.0. The van der Waals surface area contributed by atoms with Gasteiger partial charge in [-0.15, -0.1) is 0 Å². The van der Waals surface area contributed by atoms with Crippen molar-refractivity contribution in [2.75, 3.05) is 16.6 Å². The van der Waals surface area contributed by atoms with Crippen molar-refractivity contribution in [3.8, 4) is 0 Å². The first kappa shape index (κ1) is 22.7. The van der Waals surface area contributed by atoms with Gasteiger partial charge in [-0.25, -0.2) is 27.2 Å². The van der Waals surface area contributed by atoms with Crippen LogP contribution in [0.1, 0.15) is 60.9 Å². The van der Waals surface area contributed by atoms with Crippen molar-refractivity contribution in [2.24, 2.45) is 5.92 Å². The lowest BCUT2D eigenvalue weighted by Gasteiger charge is -2.22. The van der Waals surface area contributed by atoms with Crippen molar-refractivity contribution in [2.45, 2.75) is 50.2 Å². The molecule has 180 valence electrons. The smallest absolute Gasteiger partial charge is 0.235 e. The second-order valence-corrected chi connectivity index (χ2v) is 11.0. The number of aromatic amines is 1. The summed E-state index contributed by atoms with van der Waals surface area (Å²) in [6.45, 7) is 0.673. The molecule has 1 aromatic carbocycles. The van der Waals surface area contributed by atoms with E-state index in [0.717, 1.165) is 44.2 Å². The summed E-state index contributed by atoms with van der Waals surface area (Å²) in [5.74, 6) is -2.32. The van der Waals surface area contributed by atoms with E-state index in [1.807, 2.05) is 0 Å². The lowest BCUT2D eigenvalue weighted by Crippen LogP contribution is -2.30. The van der Waals surface area contributed by atoms with Crippen LogP contribution >= 0.6 is 0 Å². The first-order valence-electron chi connectivity index (χ1n) is 11.5. The Morgan fingerprint density at radius 3 is 2.59 bits per heavy atom. The fourth-order valence-electron chi connectivity index (χ4n) is 4.43. The molecule has 3 N–H and O–H groups in total. The quantitative estimate of drug-likeness (QED) is 0.405. The molecule has 11 heteroatoms. The molecule has 2 saturated carbocycles. The zero-order valence-corrected chi connectivity index (χ0v) is 19.2. The van der Waals surface area contributed by atoms with Gasteiger partial charge in [0.25, 0.3) is 0 Å². The molecule has 0 atom stereocenters. The monoisotopic (exact) mass is 489 g/mol. The number of aromatic nitrogens is 3. The SMILES string of the molecule is O=C(c1c(F)ccc(NS(=O)(=O)C2CCCCC2)c1F)c1c[nH]c2ncnc(NCC3CC3)c12. The Balaban J connectivity index is 1.49. The van der Waals surface area contributed by atoms with E-state index in [2.05, 4.69) is 25.0 Å². The van der Waals surface area contributed by atoms with E-state index < -0.39 is 43.9 Å². The van der Waals surface area contributed by atoms with Crippen LogP contribution in [0.15, 0.2) is 24.7 Å². The highest BCUT2D eigenvalue weighted by molar-refractivity contribution is 7.93. The molecule has 34 heavy (non-hydrogen) atoms. The van der Waals surface area contributed by atoms with Gasteiger partial charge >= 0.3 is 0 Å². The summed E-state index contributed by atoms with van der Waals surface area (Å²) in [7, 11) is -3.88. The van der Waals surface area contributed by atoms with Gasteiger partial charge in [-0.05, 0) is 43.7 Å². The van der Waals surface area contributed by atoms with E-state index in [1.165, 1.54) is 12.5 Å². The number of H-pyrrole nitrogens is 1. The van der Waals surface area contributed by atoms with Gasteiger partial charge in [0.05, 0.1) is 27.5 Å². The molecular formula is C23H25F2N5O3S. The number of sulfonamides is 1. The minimum Gasteiger partial charge on any atom is -0.369 e. The third kappa shape index (κ3) is 4.36. The van der Waals surface area contributed by atoms with Crippen LogP contribution in [0.5, 0.6) is 0 Å². The number of fused-ring (bicyclic) bond motifs is 1.